The number of halogens is 1. The van der Waals surface area contributed by atoms with E-state index in [9.17, 15) is 4.79 Å². The quantitative estimate of drug-likeness (QED) is 0.318. The summed E-state index contributed by atoms with van der Waals surface area (Å²) < 4.78 is 15.3. The molecule has 0 radical (unpaired) electrons. The highest BCUT2D eigenvalue weighted by molar-refractivity contribution is 9.09. The number of carbonyl (C=O) groups excluding carboxylic acids is 1. The smallest absolute Gasteiger partial charge is 0.407 e. The molecule has 1 aliphatic rings. The predicted octanol–water partition coefficient (Wildman–Crippen LogP) is 2.54. The van der Waals surface area contributed by atoms with Crippen molar-refractivity contribution < 1.29 is 19.0 Å². The number of methoxy groups -OCH3 is 1. The van der Waals surface area contributed by atoms with E-state index < -0.39 is 6.09 Å². The Labute approximate surface area is 127 Å². The van der Waals surface area contributed by atoms with Crippen molar-refractivity contribution in [3.63, 3.8) is 0 Å². The third-order valence-electron chi connectivity index (χ3n) is 2.70. The summed E-state index contributed by atoms with van der Waals surface area (Å²) >= 11 is 3.35. The van der Waals surface area contributed by atoms with Crippen LogP contribution in [-0.2, 0) is 14.2 Å². The molecule has 0 aromatic rings. The van der Waals surface area contributed by atoms with Crippen LogP contribution in [0, 0.1) is 0 Å². The number of allylic oxidation sites excluding steroid dienone is 3. The number of hydrogen-bond acceptors (Lipinski definition) is 4. The minimum Gasteiger partial charge on any atom is -0.497 e. The van der Waals surface area contributed by atoms with Crippen LogP contribution in [-0.4, -0.2) is 43.9 Å². The topological polar surface area (TPSA) is 56.8 Å². The molecular weight excluding hydrogens is 326 g/mol. The summed E-state index contributed by atoms with van der Waals surface area (Å²) in [7, 11) is 1.59. The number of alkyl halides is 1. The maximum atomic E-state index is 11.6. The molecule has 0 aromatic carbocycles. The van der Waals surface area contributed by atoms with E-state index in [1.807, 2.05) is 12.2 Å². The SMILES string of the molecule is C=C/C=C(\C=C/CCOC(=O)NC1(CBr)COC1)OC. The molecule has 1 fully saturated rings. The van der Waals surface area contributed by atoms with Gasteiger partial charge in [0.15, 0.2) is 0 Å². The summed E-state index contributed by atoms with van der Waals surface area (Å²) in [6.07, 6.45) is 7.27. The fourth-order valence-corrected chi connectivity index (χ4v) is 1.97. The first-order valence-electron chi connectivity index (χ1n) is 6.28. The van der Waals surface area contributed by atoms with Gasteiger partial charge >= 0.3 is 6.09 Å². The van der Waals surface area contributed by atoms with E-state index in [4.69, 9.17) is 14.2 Å². The maximum absolute atomic E-state index is 11.6. The summed E-state index contributed by atoms with van der Waals surface area (Å²) in [6, 6.07) is 0. The summed E-state index contributed by atoms with van der Waals surface area (Å²) in [4.78, 5) is 11.6. The van der Waals surface area contributed by atoms with Gasteiger partial charge in [0.25, 0.3) is 0 Å². The highest BCUT2D eigenvalue weighted by atomic mass is 79.9. The van der Waals surface area contributed by atoms with Gasteiger partial charge in [0.1, 0.15) is 5.76 Å². The second-order valence-electron chi connectivity index (χ2n) is 4.37. The fourth-order valence-electron chi connectivity index (χ4n) is 1.51. The molecule has 0 unspecified atom stereocenters. The molecule has 1 N–H and O–H groups in total. The van der Waals surface area contributed by atoms with Gasteiger partial charge in [0.2, 0.25) is 0 Å². The van der Waals surface area contributed by atoms with Crippen molar-refractivity contribution in [2.24, 2.45) is 0 Å². The van der Waals surface area contributed by atoms with Crippen molar-refractivity contribution >= 4 is 22.0 Å². The Balaban J connectivity index is 2.20. The van der Waals surface area contributed by atoms with Gasteiger partial charge in [0.05, 0.1) is 32.5 Å². The van der Waals surface area contributed by atoms with Crippen LogP contribution in [0.15, 0.2) is 36.6 Å². The average molecular weight is 346 g/mol. The number of hydrogen-bond donors (Lipinski definition) is 1. The molecule has 1 saturated heterocycles. The molecule has 112 valence electrons. The minimum atomic E-state index is -0.422. The molecule has 1 rings (SSSR count). The Morgan fingerprint density at radius 2 is 2.30 bits per heavy atom. The number of rotatable bonds is 8. The van der Waals surface area contributed by atoms with E-state index in [1.54, 1.807) is 19.3 Å². The molecule has 0 atom stereocenters. The molecule has 0 aliphatic carbocycles. The van der Waals surface area contributed by atoms with E-state index >= 15 is 0 Å². The molecule has 5 nitrogen and oxygen atoms in total. The molecule has 0 aromatic heterocycles. The van der Waals surface area contributed by atoms with Crippen molar-refractivity contribution in [2.75, 3.05) is 32.3 Å². The van der Waals surface area contributed by atoms with Gasteiger partial charge < -0.3 is 19.5 Å². The Bertz CT molecular complexity index is 383. The van der Waals surface area contributed by atoms with Gasteiger partial charge in [0, 0.05) is 11.8 Å². The van der Waals surface area contributed by atoms with Crippen LogP contribution in [0.3, 0.4) is 0 Å². The molecule has 1 heterocycles. The predicted molar refractivity (Wildman–Crippen MR) is 80.9 cm³/mol. The van der Waals surface area contributed by atoms with Crippen LogP contribution in [0.1, 0.15) is 6.42 Å². The summed E-state index contributed by atoms with van der Waals surface area (Å²) in [5.41, 5.74) is -0.317. The molecule has 0 spiro atoms. The third kappa shape index (κ3) is 5.38. The lowest BCUT2D eigenvalue weighted by Gasteiger charge is -2.40. The zero-order chi connectivity index (χ0) is 14.8. The van der Waals surface area contributed by atoms with Crippen LogP contribution >= 0.6 is 15.9 Å². The Morgan fingerprint density at radius 1 is 1.55 bits per heavy atom. The van der Waals surface area contributed by atoms with Gasteiger partial charge in [-0.15, -0.1) is 0 Å². The standard InChI is InChI=1S/C14H20BrNO4/c1-3-6-12(18-2)7-4-5-8-20-13(17)16-14(9-15)10-19-11-14/h3-4,6-7H,1,5,8-11H2,2H3,(H,16,17)/b7-4-,12-6+. The lowest BCUT2D eigenvalue weighted by molar-refractivity contribution is -0.0585. The van der Waals surface area contributed by atoms with Crippen LogP contribution in [0.5, 0.6) is 0 Å². The highest BCUT2D eigenvalue weighted by Crippen LogP contribution is 2.19. The molecule has 0 saturated carbocycles. The van der Waals surface area contributed by atoms with Crippen molar-refractivity contribution in [3.8, 4) is 0 Å². The molecule has 1 aliphatic heterocycles. The molecule has 0 bridgehead atoms. The number of nitrogens with one attached hydrogen (secondary N) is 1. The van der Waals surface area contributed by atoms with Crippen LogP contribution in [0.2, 0.25) is 0 Å². The van der Waals surface area contributed by atoms with Gasteiger partial charge in [-0.3, -0.25) is 0 Å². The Hall–Kier alpha value is -1.27. The second-order valence-corrected chi connectivity index (χ2v) is 4.93. The van der Waals surface area contributed by atoms with E-state index in [2.05, 4.69) is 27.8 Å². The summed E-state index contributed by atoms with van der Waals surface area (Å²) in [5.74, 6) is 0.703. The number of alkyl carbamates (subject to hydrolysis) is 1. The number of ether oxygens (including phenoxy) is 3. The van der Waals surface area contributed by atoms with Crippen LogP contribution in [0.25, 0.3) is 0 Å². The van der Waals surface area contributed by atoms with Gasteiger partial charge in [-0.2, -0.15) is 0 Å². The molecular formula is C14H20BrNO4. The average Bonchev–Trinajstić information content (AvgIpc) is 2.41. The lowest BCUT2D eigenvalue weighted by atomic mass is 10.0. The second kappa shape index (κ2) is 8.81. The van der Waals surface area contributed by atoms with Crippen molar-refractivity contribution in [3.05, 3.63) is 36.6 Å². The van der Waals surface area contributed by atoms with Crippen molar-refractivity contribution in [1.82, 2.24) is 5.32 Å². The Kier molecular flexibility index (Phi) is 7.40. The lowest BCUT2D eigenvalue weighted by Crippen LogP contribution is -2.63. The van der Waals surface area contributed by atoms with Crippen molar-refractivity contribution in [2.45, 2.75) is 12.0 Å². The van der Waals surface area contributed by atoms with Gasteiger partial charge in [-0.1, -0.05) is 34.7 Å². The summed E-state index contributed by atoms with van der Waals surface area (Å²) in [6.45, 7) is 4.92. The first-order valence-corrected chi connectivity index (χ1v) is 7.40. The van der Waals surface area contributed by atoms with E-state index in [0.717, 1.165) is 0 Å². The molecule has 6 heteroatoms. The maximum Gasteiger partial charge on any atom is 0.407 e. The molecule has 1 amide bonds. The van der Waals surface area contributed by atoms with Crippen molar-refractivity contribution in [1.29, 1.82) is 0 Å². The fraction of sp³-hybridized carbons (Fsp3) is 0.500. The van der Waals surface area contributed by atoms with E-state index in [1.165, 1.54) is 0 Å². The highest BCUT2D eigenvalue weighted by Gasteiger charge is 2.39. The number of carbonyl (C=O) groups is 1. The zero-order valence-corrected chi connectivity index (χ0v) is 13.1. The first-order chi connectivity index (χ1) is 9.65. The molecule has 20 heavy (non-hydrogen) atoms. The normalized spacial score (nSPS) is 17.4. The third-order valence-corrected chi connectivity index (χ3v) is 3.77. The first kappa shape index (κ1) is 16.8. The number of amides is 1. The largest absolute Gasteiger partial charge is 0.497 e. The Morgan fingerprint density at radius 3 is 2.80 bits per heavy atom. The van der Waals surface area contributed by atoms with Gasteiger partial charge in [-0.05, 0) is 12.2 Å². The minimum absolute atomic E-state index is 0.312. The van der Waals surface area contributed by atoms with Crippen LogP contribution < -0.4 is 5.32 Å². The summed E-state index contributed by atoms with van der Waals surface area (Å²) in [5, 5.41) is 3.46. The van der Waals surface area contributed by atoms with Crippen LogP contribution in [0.4, 0.5) is 4.79 Å². The van der Waals surface area contributed by atoms with E-state index in [0.29, 0.717) is 37.3 Å². The van der Waals surface area contributed by atoms with E-state index in [-0.39, 0.29) is 5.54 Å². The van der Waals surface area contributed by atoms with Gasteiger partial charge in [-0.25, -0.2) is 4.79 Å². The zero-order valence-electron chi connectivity index (χ0n) is 11.6. The monoisotopic (exact) mass is 345 g/mol.